The van der Waals surface area contributed by atoms with Crippen LogP contribution in [0.25, 0.3) is 0 Å². The number of phenolic OH excluding ortho intramolecular Hbond substituents is 1. The number of hydrogen-bond donors (Lipinski definition) is 1. The van der Waals surface area contributed by atoms with E-state index < -0.39 is 18.1 Å². The molecule has 0 unspecified atom stereocenters. The quantitative estimate of drug-likeness (QED) is 0.746. The molecule has 2 aliphatic heterocycles. The zero-order valence-electron chi connectivity index (χ0n) is 16.6. The van der Waals surface area contributed by atoms with E-state index in [1.807, 2.05) is 0 Å². The Labute approximate surface area is 162 Å². The van der Waals surface area contributed by atoms with Crippen LogP contribution in [0.5, 0.6) is 17.2 Å². The molecule has 1 aromatic carbocycles. The smallest absolute Gasteiger partial charge is 0.333 e. The van der Waals surface area contributed by atoms with E-state index in [0.29, 0.717) is 16.7 Å². The molecule has 0 radical (unpaired) electrons. The number of phenols is 1. The summed E-state index contributed by atoms with van der Waals surface area (Å²) in [6.07, 6.45) is 0.0627. The first kappa shape index (κ1) is 19.8. The van der Waals surface area contributed by atoms with Crippen LogP contribution in [0.1, 0.15) is 29.7 Å². The lowest BCUT2D eigenvalue weighted by Gasteiger charge is -2.46. The number of ether oxygens (including phenoxy) is 3. The summed E-state index contributed by atoms with van der Waals surface area (Å²) in [6.45, 7) is 3.27. The van der Waals surface area contributed by atoms with Crippen molar-refractivity contribution in [2.24, 2.45) is 0 Å². The molecule has 9 nitrogen and oxygen atoms in total. The Morgan fingerprint density at radius 1 is 1.21 bits per heavy atom. The summed E-state index contributed by atoms with van der Waals surface area (Å²) in [5, 5.41) is 10.8. The van der Waals surface area contributed by atoms with Crippen molar-refractivity contribution in [3.8, 4) is 17.2 Å². The van der Waals surface area contributed by atoms with E-state index >= 15 is 0 Å². The predicted octanol–water partition coefficient (Wildman–Crippen LogP) is 0.547. The molecule has 1 aromatic rings. The lowest BCUT2D eigenvalue weighted by atomic mass is 9.83. The van der Waals surface area contributed by atoms with E-state index in [4.69, 9.17) is 14.2 Å². The topological polar surface area (TPSA) is 106 Å². The average Bonchev–Trinajstić information content (AvgIpc) is 2.67. The maximum atomic E-state index is 12.9. The first-order chi connectivity index (χ1) is 13.3. The van der Waals surface area contributed by atoms with Gasteiger partial charge in [0.25, 0.3) is 0 Å². The van der Waals surface area contributed by atoms with Crippen LogP contribution in [0.3, 0.4) is 0 Å². The highest BCUT2D eigenvalue weighted by atomic mass is 16.5. The Kier molecular flexibility index (Phi) is 5.10. The van der Waals surface area contributed by atoms with Gasteiger partial charge in [-0.1, -0.05) is 0 Å². The van der Waals surface area contributed by atoms with Gasteiger partial charge in [0.2, 0.25) is 11.8 Å². The molecular weight excluding hydrogens is 368 g/mol. The SMILES string of the molecule is CCOC(=O)[C@@H]1c2c(c(O)c(C)c(OC)c2OC)C[C@H]2C(=O)N(C)CC(=O)N12. The lowest BCUT2D eigenvalue weighted by Crippen LogP contribution is -2.63. The van der Waals surface area contributed by atoms with Crippen LogP contribution in [0.4, 0.5) is 0 Å². The molecule has 0 spiro atoms. The van der Waals surface area contributed by atoms with E-state index in [0.717, 1.165) is 0 Å². The molecule has 2 heterocycles. The van der Waals surface area contributed by atoms with E-state index in [-0.39, 0.29) is 48.6 Å². The average molecular weight is 392 g/mol. The van der Waals surface area contributed by atoms with Gasteiger partial charge in [-0.25, -0.2) is 4.79 Å². The van der Waals surface area contributed by atoms with Crippen molar-refractivity contribution in [1.29, 1.82) is 0 Å². The molecule has 2 aliphatic rings. The van der Waals surface area contributed by atoms with Crippen LogP contribution in [0.2, 0.25) is 0 Å². The van der Waals surface area contributed by atoms with Crippen molar-refractivity contribution < 1.29 is 33.7 Å². The standard InChI is InChI=1S/C19H24N2O7/c1-6-28-19(25)14-13-10(15(23)9(2)16(26-4)17(13)27-5)7-11-18(24)20(3)8-12(22)21(11)14/h11,14,23H,6-8H2,1-5H3/t11-,14-/m0/s1. The fraction of sp³-hybridized carbons (Fsp3) is 0.526. The van der Waals surface area contributed by atoms with E-state index in [2.05, 4.69) is 0 Å². The Balaban J connectivity index is 2.33. The van der Waals surface area contributed by atoms with Crippen molar-refractivity contribution in [2.75, 3.05) is 34.4 Å². The summed E-state index contributed by atoms with van der Waals surface area (Å²) < 4.78 is 16.1. The molecular formula is C19H24N2O7. The molecule has 0 saturated carbocycles. The molecule has 0 aromatic heterocycles. The molecule has 152 valence electrons. The third kappa shape index (κ3) is 2.73. The minimum Gasteiger partial charge on any atom is -0.507 e. The number of amides is 2. The number of likely N-dealkylation sites (N-methyl/N-ethyl adjacent to an activating group) is 1. The number of fused-ring (bicyclic) bond motifs is 2. The minimum absolute atomic E-state index is 0.0627. The third-order valence-corrected chi connectivity index (χ3v) is 5.28. The second kappa shape index (κ2) is 7.21. The monoisotopic (exact) mass is 392 g/mol. The maximum absolute atomic E-state index is 12.9. The van der Waals surface area contributed by atoms with Gasteiger partial charge in [0.1, 0.15) is 11.8 Å². The van der Waals surface area contributed by atoms with E-state index in [1.54, 1.807) is 13.8 Å². The molecule has 0 aliphatic carbocycles. The number of carbonyl (C=O) groups is 3. The van der Waals surface area contributed by atoms with Crippen LogP contribution in [-0.2, 0) is 25.5 Å². The second-order valence-corrected chi connectivity index (χ2v) is 6.80. The third-order valence-electron chi connectivity index (χ3n) is 5.28. The van der Waals surface area contributed by atoms with Gasteiger partial charge in [-0.2, -0.15) is 0 Å². The predicted molar refractivity (Wildman–Crippen MR) is 97.3 cm³/mol. The number of hydrogen-bond acceptors (Lipinski definition) is 7. The molecule has 1 saturated heterocycles. The van der Waals surface area contributed by atoms with Gasteiger partial charge in [0.05, 0.1) is 27.4 Å². The van der Waals surface area contributed by atoms with E-state index in [9.17, 15) is 19.5 Å². The minimum atomic E-state index is -1.21. The highest BCUT2D eigenvalue weighted by Crippen LogP contribution is 2.51. The molecule has 9 heteroatoms. The summed E-state index contributed by atoms with van der Waals surface area (Å²) >= 11 is 0. The zero-order chi connectivity index (χ0) is 20.7. The van der Waals surface area contributed by atoms with Crippen molar-refractivity contribution >= 4 is 17.8 Å². The Bertz CT molecular complexity index is 851. The van der Waals surface area contributed by atoms with Crippen molar-refractivity contribution in [1.82, 2.24) is 9.80 Å². The van der Waals surface area contributed by atoms with Gasteiger partial charge in [0, 0.05) is 30.2 Å². The number of rotatable bonds is 4. The van der Waals surface area contributed by atoms with Crippen LogP contribution in [0, 0.1) is 6.92 Å². The molecule has 2 atom stereocenters. The summed E-state index contributed by atoms with van der Waals surface area (Å²) in [4.78, 5) is 41.0. The van der Waals surface area contributed by atoms with Gasteiger partial charge in [-0.15, -0.1) is 0 Å². The van der Waals surface area contributed by atoms with Crippen molar-refractivity contribution in [3.63, 3.8) is 0 Å². The van der Waals surface area contributed by atoms with Crippen LogP contribution in [-0.4, -0.2) is 73.2 Å². The second-order valence-electron chi connectivity index (χ2n) is 6.80. The van der Waals surface area contributed by atoms with Gasteiger partial charge in [-0.3, -0.25) is 9.59 Å². The largest absolute Gasteiger partial charge is 0.507 e. The summed E-state index contributed by atoms with van der Waals surface area (Å²) in [6, 6.07) is -2.12. The number of carbonyl (C=O) groups excluding carboxylic acids is 3. The Morgan fingerprint density at radius 3 is 2.43 bits per heavy atom. The van der Waals surface area contributed by atoms with Crippen LogP contribution < -0.4 is 9.47 Å². The highest BCUT2D eigenvalue weighted by molar-refractivity contribution is 5.99. The fourth-order valence-corrected chi connectivity index (χ4v) is 4.04. The van der Waals surface area contributed by atoms with E-state index in [1.165, 1.54) is 31.1 Å². The molecule has 28 heavy (non-hydrogen) atoms. The molecule has 0 bridgehead atoms. The Morgan fingerprint density at radius 2 is 1.86 bits per heavy atom. The number of esters is 1. The maximum Gasteiger partial charge on any atom is 0.333 e. The summed E-state index contributed by atoms with van der Waals surface area (Å²) in [7, 11) is 4.37. The summed E-state index contributed by atoms with van der Waals surface area (Å²) in [5.41, 5.74) is 1.10. The normalized spacial score (nSPS) is 21.2. The first-order valence-electron chi connectivity index (χ1n) is 8.97. The number of benzene rings is 1. The fourth-order valence-electron chi connectivity index (χ4n) is 4.04. The Hall–Kier alpha value is -2.97. The molecule has 3 rings (SSSR count). The molecule has 1 fully saturated rings. The highest BCUT2D eigenvalue weighted by Gasteiger charge is 2.51. The van der Waals surface area contributed by atoms with Crippen LogP contribution in [0.15, 0.2) is 0 Å². The molecule has 1 N–H and O–H groups in total. The van der Waals surface area contributed by atoms with Gasteiger partial charge in [-0.05, 0) is 13.8 Å². The van der Waals surface area contributed by atoms with Gasteiger partial charge in [0.15, 0.2) is 17.5 Å². The van der Waals surface area contributed by atoms with Crippen molar-refractivity contribution in [2.45, 2.75) is 32.4 Å². The van der Waals surface area contributed by atoms with Gasteiger partial charge >= 0.3 is 5.97 Å². The lowest BCUT2D eigenvalue weighted by molar-refractivity contribution is -0.167. The van der Waals surface area contributed by atoms with Crippen molar-refractivity contribution in [3.05, 3.63) is 16.7 Å². The van der Waals surface area contributed by atoms with Crippen LogP contribution >= 0.6 is 0 Å². The summed E-state index contributed by atoms with van der Waals surface area (Å²) in [5.74, 6) is -0.955. The molecule has 2 amide bonds. The number of aromatic hydroxyl groups is 1. The number of methoxy groups -OCH3 is 2. The zero-order valence-corrected chi connectivity index (χ0v) is 16.6. The number of nitrogens with zero attached hydrogens (tertiary/aromatic N) is 2. The van der Waals surface area contributed by atoms with Gasteiger partial charge < -0.3 is 29.1 Å². The first-order valence-corrected chi connectivity index (χ1v) is 8.97. The number of piperazine rings is 1.